The van der Waals surface area contributed by atoms with Crippen molar-refractivity contribution < 1.29 is 4.79 Å². The first-order valence-corrected chi connectivity index (χ1v) is 8.12. The molecule has 2 heteroatoms. The Morgan fingerprint density at radius 1 is 0.722 bits per heavy atom. The van der Waals surface area contributed by atoms with Crippen LogP contribution in [0.15, 0.2) is 0 Å². The number of nitrogens with zero attached hydrogens (tertiary/aromatic N) is 2. The second-order valence-electron chi connectivity index (χ2n) is 6.26. The molecule has 2 aliphatic rings. The maximum atomic E-state index is 9.32. The fourth-order valence-corrected chi connectivity index (χ4v) is 3.90. The summed E-state index contributed by atoms with van der Waals surface area (Å²) in [6.07, 6.45) is 17.3. The smallest absolute Gasteiger partial charge is 0.272 e. The van der Waals surface area contributed by atoms with Crippen LogP contribution in [0.1, 0.15) is 83.5 Å². The third-order valence-corrected chi connectivity index (χ3v) is 4.97. The summed E-state index contributed by atoms with van der Waals surface area (Å²) in [5.41, 5.74) is 10.4. The van der Waals surface area contributed by atoms with Crippen molar-refractivity contribution in [2.75, 3.05) is 0 Å². The zero-order valence-corrected chi connectivity index (χ0v) is 11.7. The predicted molar refractivity (Wildman–Crippen MR) is 75.6 cm³/mol. The molecule has 0 bridgehead atoms. The van der Waals surface area contributed by atoms with Crippen LogP contribution in [-0.2, 0) is 0 Å². The number of hydrogen-bond donors (Lipinski definition) is 0. The van der Waals surface area contributed by atoms with Gasteiger partial charge in [0.25, 0.3) is 5.71 Å². The fraction of sp³-hybridized carbons (Fsp3) is 0.938. The Labute approximate surface area is 112 Å². The van der Waals surface area contributed by atoms with Crippen molar-refractivity contribution in [3.63, 3.8) is 0 Å². The molecule has 2 nitrogen and oxygen atoms in total. The molecule has 0 aromatic rings. The van der Waals surface area contributed by atoms with Crippen LogP contribution in [0.2, 0.25) is 0 Å². The highest BCUT2D eigenvalue weighted by molar-refractivity contribution is 5.81. The zero-order chi connectivity index (χ0) is 12.6. The molecule has 102 valence electrons. The van der Waals surface area contributed by atoms with Crippen molar-refractivity contribution in [3.05, 3.63) is 5.53 Å². The van der Waals surface area contributed by atoms with E-state index in [-0.39, 0.29) is 0 Å². The number of hydrogen-bond acceptors (Lipinski definition) is 0. The minimum Gasteiger partial charge on any atom is -0.362 e. The molecule has 2 fully saturated rings. The van der Waals surface area contributed by atoms with E-state index in [0.717, 1.165) is 18.1 Å². The monoisotopic (exact) mass is 248 g/mol. The molecular weight excluding hydrogens is 220 g/mol. The van der Waals surface area contributed by atoms with Gasteiger partial charge in [-0.1, -0.05) is 51.4 Å². The second kappa shape index (κ2) is 7.74. The van der Waals surface area contributed by atoms with Crippen LogP contribution in [0.3, 0.4) is 0 Å². The molecule has 0 amide bonds. The van der Waals surface area contributed by atoms with Gasteiger partial charge in [0.15, 0.2) is 0 Å². The lowest BCUT2D eigenvalue weighted by Crippen LogP contribution is -2.26. The zero-order valence-electron chi connectivity index (χ0n) is 11.7. The standard InChI is InChI=1S/C16H28N2/c17-18-16-13-9-5-4-8-12-15(16)14-10-6-2-1-3-7-11-14/h14-15H,1-13H2. The van der Waals surface area contributed by atoms with Crippen molar-refractivity contribution in [2.45, 2.75) is 83.5 Å². The van der Waals surface area contributed by atoms with Gasteiger partial charge in [-0.2, -0.15) is 4.79 Å². The largest absolute Gasteiger partial charge is 0.362 e. The number of rotatable bonds is 1. The van der Waals surface area contributed by atoms with Gasteiger partial charge in [-0.3, -0.25) is 0 Å². The topological polar surface area (TPSA) is 36.4 Å². The van der Waals surface area contributed by atoms with Gasteiger partial charge in [0.05, 0.1) is 5.92 Å². The third-order valence-electron chi connectivity index (χ3n) is 4.97. The summed E-state index contributed by atoms with van der Waals surface area (Å²) in [7, 11) is 0. The van der Waals surface area contributed by atoms with Crippen molar-refractivity contribution >= 4 is 5.71 Å². The molecular formula is C16H28N2. The van der Waals surface area contributed by atoms with Crippen LogP contribution < -0.4 is 0 Å². The Morgan fingerprint density at radius 2 is 1.28 bits per heavy atom. The maximum Gasteiger partial charge on any atom is 0.272 e. The van der Waals surface area contributed by atoms with E-state index in [0.29, 0.717) is 5.92 Å². The lowest BCUT2D eigenvalue weighted by atomic mass is 9.75. The predicted octanol–water partition coefficient (Wildman–Crippen LogP) is 4.99. The minimum absolute atomic E-state index is 0.591. The van der Waals surface area contributed by atoms with Crippen LogP contribution in [0.4, 0.5) is 0 Å². The molecule has 1 atom stereocenters. The van der Waals surface area contributed by atoms with E-state index in [2.05, 4.69) is 4.79 Å². The van der Waals surface area contributed by atoms with Gasteiger partial charge in [-0.15, -0.1) is 0 Å². The van der Waals surface area contributed by atoms with E-state index in [1.54, 1.807) is 0 Å². The van der Waals surface area contributed by atoms with E-state index >= 15 is 0 Å². The van der Waals surface area contributed by atoms with E-state index in [1.165, 1.54) is 77.0 Å². The molecule has 0 aromatic carbocycles. The van der Waals surface area contributed by atoms with Gasteiger partial charge in [-0.25, -0.2) is 0 Å². The van der Waals surface area contributed by atoms with Gasteiger partial charge in [0, 0.05) is 6.42 Å². The molecule has 18 heavy (non-hydrogen) atoms. The van der Waals surface area contributed by atoms with Crippen LogP contribution in [0, 0.1) is 11.8 Å². The van der Waals surface area contributed by atoms with Crippen LogP contribution in [0.25, 0.3) is 5.53 Å². The van der Waals surface area contributed by atoms with Gasteiger partial charge >= 0.3 is 0 Å². The van der Waals surface area contributed by atoms with Crippen molar-refractivity contribution in [1.29, 1.82) is 0 Å². The van der Waals surface area contributed by atoms with E-state index in [9.17, 15) is 5.53 Å². The summed E-state index contributed by atoms with van der Waals surface area (Å²) in [5, 5.41) is 0. The average molecular weight is 248 g/mol. The van der Waals surface area contributed by atoms with Gasteiger partial charge in [0.2, 0.25) is 0 Å². The highest BCUT2D eigenvalue weighted by Crippen LogP contribution is 2.34. The quantitative estimate of drug-likeness (QED) is 0.463. The maximum absolute atomic E-state index is 9.32. The second-order valence-corrected chi connectivity index (χ2v) is 6.26. The molecule has 0 heterocycles. The molecule has 2 saturated carbocycles. The normalized spacial score (nSPS) is 28.7. The molecule has 0 spiro atoms. The Kier molecular flexibility index (Phi) is 5.93. The highest BCUT2D eigenvalue weighted by atomic mass is 14.9. The third kappa shape index (κ3) is 3.95. The molecule has 0 N–H and O–H groups in total. The molecule has 0 radical (unpaired) electrons. The SMILES string of the molecule is [N-]=[N+]=C1CCCCCCC1C1CCCCCCC1. The molecule has 0 aliphatic heterocycles. The van der Waals surface area contributed by atoms with Crippen LogP contribution in [-0.4, -0.2) is 10.5 Å². The van der Waals surface area contributed by atoms with Crippen LogP contribution in [0.5, 0.6) is 0 Å². The Balaban J connectivity index is 2.02. The minimum atomic E-state index is 0.591. The van der Waals surface area contributed by atoms with E-state index in [4.69, 9.17) is 0 Å². The summed E-state index contributed by atoms with van der Waals surface area (Å²) < 4.78 is 0. The fourth-order valence-electron chi connectivity index (χ4n) is 3.90. The summed E-state index contributed by atoms with van der Waals surface area (Å²) in [5.74, 6) is 1.39. The molecule has 0 aromatic heterocycles. The van der Waals surface area contributed by atoms with E-state index in [1.807, 2.05) is 0 Å². The lowest BCUT2D eigenvalue weighted by molar-refractivity contribution is -0.0210. The first-order chi connectivity index (χ1) is 8.92. The Hall–Kier alpha value is -0.620. The van der Waals surface area contributed by atoms with Crippen molar-refractivity contribution in [3.8, 4) is 0 Å². The van der Waals surface area contributed by atoms with Gasteiger partial charge < -0.3 is 5.53 Å². The summed E-state index contributed by atoms with van der Waals surface area (Å²) in [4.78, 5) is 3.68. The molecule has 0 saturated heterocycles. The summed E-state index contributed by atoms with van der Waals surface area (Å²) in [6, 6.07) is 0. The lowest BCUT2D eigenvalue weighted by Gasteiger charge is -2.27. The Bertz CT molecular complexity index is 283. The first-order valence-electron chi connectivity index (χ1n) is 8.12. The average Bonchev–Trinajstić information content (AvgIpc) is 2.30. The van der Waals surface area contributed by atoms with Gasteiger partial charge in [-0.05, 0) is 31.6 Å². The molecule has 2 aliphatic carbocycles. The highest BCUT2D eigenvalue weighted by Gasteiger charge is 2.31. The van der Waals surface area contributed by atoms with Crippen molar-refractivity contribution in [1.82, 2.24) is 0 Å². The van der Waals surface area contributed by atoms with Crippen LogP contribution >= 0.6 is 0 Å². The first kappa shape index (κ1) is 13.8. The van der Waals surface area contributed by atoms with E-state index < -0.39 is 0 Å². The van der Waals surface area contributed by atoms with Crippen molar-refractivity contribution in [2.24, 2.45) is 11.8 Å². The molecule has 2 rings (SSSR count). The summed E-state index contributed by atoms with van der Waals surface area (Å²) in [6.45, 7) is 0. The summed E-state index contributed by atoms with van der Waals surface area (Å²) >= 11 is 0. The van der Waals surface area contributed by atoms with Gasteiger partial charge in [0.1, 0.15) is 0 Å². The molecule has 1 unspecified atom stereocenters. The Morgan fingerprint density at radius 3 is 1.94 bits per heavy atom.